The van der Waals surface area contributed by atoms with Crippen LogP contribution in [0.5, 0.6) is 0 Å². The number of amides is 1. The molecule has 1 saturated heterocycles. The molecule has 1 aliphatic heterocycles. The van der Waals surface area contributed by atoms with Crippen LogP contribution in [0.15, 0.2) is 18.2 Å². The van der Waals surface area contributed by atoms with E-state index in [9.17, 15) is 19.3 Å². The van der Waals surface area contributed by atoms with E-state index in [4.69, 9.17) is 5.73 Å². The maximum Gasteiger partial charge on any atom is 0.272 e. The zero-order valence-corrected chi connectivity index (χ0v) is 12.9. The molecular weight excluding hydrogens is 313 g/mol. The van der Waals surface area contributed by atoms with Gasteiger partial charge in [-0.3, -0.25) is 14.9 Å². The van der Waals surface area contributed by atoms with E-state index in [-0.39, 0.29) is 23.7 Å². The predicted octanol–water partition coefficient (Wildman–Crippen LogP) is 2.36. The van der Waals surface area contributed by atoms with Crippen molar-refractivity contribution in [2.45, 2.75) is 19.3 Å². The summed E-state index contributed by atoms with van der Waals surface area (Å²) in [5.41, 5.74) is 5.06. The molecule has 0 saturated carbocycles. The quantitative estimate of drug-likeness (QED) is 0.677. The van der Waals surface area contributed by atoms with E-state index in [2.05, 4.69) is 0 Å². The molecule has 2 rings (SSSR count). The number of nitrogens with two attached hydrogens (primary N) is 1. The van der Waals surface area contributed by atoms with Crippen LogP contribution in [0.2, 0.25) is 0 Å². The van der Waals surface area contributed by atoms with Crippen LogP contribution in [-0.4, -0.2) is 35.4 Å². The van der Waals surface area contributed by atoms with Gasteiger partial charge in [-0.15, -0.1) is 12.4 Å². The Morgan fingerprint density at radius 1 is 1.50 bits per heavy atom. The van der Waals surface area contributed by atoms with Crippen LogP contribution in [0.25, 0.3) is 0 Å². The molecule has 1 heterocycles. The number of nitro groups is 1. The summed E-state index contributed by atoms with van der Waals surface area (Å²) in [6.45, 7) is 1.71. The minimum Gasteiger partial charge on any atom is -0.338 e. The molecule has 0 aromatic heterocycles. The first-order chi connectivity index (χ1) is 10.0. The van der Waals surface area contributed by atoms with Crippen molar-refractivity contribution in [2.24, 2.45) is 11.7 Å². The Kier molecular flexibility index (Phi) is 6.70. The number of likely N-dealkylation sites (tertiary alicyclic amines) is 1. The highest BCUT2D eigenvalue weighted by Crippen LogP contribution is 2.23. The van der Waals surface area contributed by atoms with E-state index >= 15 is 0 Å². The molecule has 0 bridgehead atoms. The van der Waals surface area contributed by atoms with Gasteiger partial charge >= 0.3 is 0 Å². The van der Waals surface area contributed by atoms with Crippen LogP contribution in [0.3, 0.4) is 0 Å². The Hall–Kier alpha value is -1.73. The van der Waals surface area contributed by atoms with E-state index in [0.717, 1.165) is 31.4 Å². The van der Waals surface area contributed by atoms with Crippen molar-refractivity contribution in [2.75, 3.05) is 19.6 Å². The summed E-state index contributed by atoms with van der Waals surface area (Å²) in [5, 5.41) is 10.6. The molecule has 2 N–H and O–H groups in total. The fourth-order valence-corrected chi connectivity index (χ4v) is 2.68. The fourth-order valence-electron chi connectivity index (χ4n) is 2.68. The minimum atomic E-state index is -0.852. The highest BCUT2D eigenvalue weighted by molar-refractivity contribution is 5.94. The Balaban J connectivity index is 0.00000242. The van der Waals surface area contributed by atoms with Gasteiger partial charge in [-0.2, -0.15) is 0 Å². The number of hydrogen-bond donors (Lipinski definition) is 1. The number of piperidine rings is 1. The van der Waals surface area contributed by atoms with E-state index in [1.54, 1.807) is 4.90 Å². The first kappa shape index (κ1) is 18.3. The minimum absolute atomic E-state index is 0. The van der Waals surface area contributed by atoms with Crippen LogP contribution < -0.4 is 5.73 Å². The average molecular weight is 332 g/mol. The van der Waals surface area contributed by atoms with Gasteiger partial charge in [0.05, 0.1) is 16.6 Å². The molecule has 0 radical (unpaired) electrons. The Morgan fingerprint density at radius 3 is 2.82 bits per heavy atom. The van der Waals surface area contributed by atoms with E-state index in [0.29, 0.717) is 25.6 Å². The Labute approximate surface area is 134 Å². The predicted molar refractivity (Wildman–Crippen MR) is 82.6 cm³/mol. The number of non-ortho nitro benzene ring substituents is 1. The van der Waals surface area contributed by atoms with Crippen molar-refractivity contribution in [1.29, 1.82) is 0 Å². The first-order valence-corrected chi connectivity index (χ1v) is 6.96. The molecule has 0 aliphatic carbocycles. The van der Waals surface area contributed by atoms with Crippen molar-refractivity contribution in [1.82, 2.24) is 4.90 Å². The van der Waals surface area contributed by atoms with Crippen molar-refractivity contribution in [3.63, 3.8) is 0 Å². The van der Waals surface area contributed by atoms with Crippen LogP contribution in [0.1, 0.15) is 29.6 Å². The summed E-state index contributed by atoms with van der Waals surface area (Å²) in [4.78, 5) is 23.8. The second kappa shape index (κ2) is 8.05. The van der Waals surface area contributed by atoms with E-state index in [1.165, 1.54) is 6.07 Å². The maximum absolute atomic E-state index is 13.9. The van der Waals surface area contributed by atoms with E-state index in [1.807, 2.05) is 0 Å². The highest BCUT2D eigenvalue weighted by atomic mass is 35.5. The lowest BCUT2D eigenvalue weighted by Gasteiger charge is -2.32. The zero-order valence-electron chi connectivity index (χ0n) is 12.0. The molecule has 1 aromatic carbocycles. The van der Waals surface area contributed by atoms with Gasteiger partial charge in [0.1, 0.15) is 5.82 Å². The third-order valence-corrected chi connectivity index (χ3v) is 3.78. The monoisotopic (exact) mass is 331 g/mol. The molecule has 1 aromatic rings. The number of hydrogen-bond acceptors (Lipinski definition) is 4. The van der Waals surface area contributed by atoms with Crippen molar-refractivity contribution in [3.8, 4) is 0 Å². The van der Waals surface area contributed by atoms with Crippen molar-refractivity contribution in [3.05, 3.63) is 39.7 Å². The average Bonchev–Trinajstić information content (AvgIpc) is 2.47. The summed E-state index contributed by atoms with van der Waals surface area (Å²) in [6.07, 6.45) is 2.72. The summed E-state index contributed by atoms with van der Waals surface area (Å²) < 4.78 is 13.9. The molecular formula is C14H19ClFN3O3. The molecule has 1 fully saturated rings. The van der Waals surface area contributed by atoms with Crippen molar-refractivity contribution >= 4 is 24.0 Å². The topological polar surface area (TPSA) is 89.5 Å². The number of nitrogens with zero attached hydrogens (tertiary/aromatic N) is 2. The second-order valence-corrected chi connectivity index (χ2v) is 5.26. The highest BCUT2D eigenvalue weighted by Gasteiger charge is 2.26. The number of rotatable bonds is 4. The second-order valence-electron chi connectivity index (χ2n) is 5.26. The van der Waals surface area contributed by atoms with Gasteiger partial charge in [-0.1, -0.05) is 0 Å². The zero-order chi connectivity index (χ0) is 15.4. The van der Waals surface area contributed by atoms with Gasteiger partial charge in [0.25, 0.3) is 11.6 Å². The molecule has 1 aliphatic rings. The third kappa shape index (κ3) is 4.14. The SMILES string of the molecule is Cl.NCCC1CCCN(C(=O)c2ccc([N+](=O)[O-])cc2F)C1. The Bertz CT molecular complexity index is 554. The summed E-state index contributed by atoms with van der Waals surface area (Å²) in [5.74, 6) is -0.923. The largest absolute Gasteiger partial charge is 0.338 e. The van der Waals surface area contributed by atoms with Crippen LogP contribution in [0, 0.1) is 21.8 Å². The van der Waals surface area contributed by atoms with Gasteiger partial charge in [-0.05, 0) is 37.8 Å². The number of halogens is 2. The number of nitro benzene ring substituents is 1. The smallest absolute Gasteiger partial charge is 0.272 e. The van der Waals surface area contributed by atoms with Gasteiger partial charge in [0, 0.05) is 19.2 Å². The molecule has 1 unspecified atom stereocenters. The van der Waals surface area contributed by atoms with E-state index < -0.39 is 16.6 Å². The normalized spacial score (nSPS) is 17.7. The molecule has 8 heteroatoms. The van der Waals surface area contributed by atoms with Gasteiger partial charge in [0.2, 0.25) is 0 Å². The Morgan fingerprint density at radius 2 is 2.23 bits per heavy atom. The lowest BCUT2D eigenvalue weighted by Crippen LogP contribution is -2.40. The maximum atomic E-state index is 13.9. The van der Waals surface area contributed by atoms with Gasteiger partial charge < -0.3 is 10.6 Å². The number of carbonyl (C=O) groups excluding carboxylic acids is 1. The fraction of sp³-hybridized carbons (Fsp3) is 0.500. The standard InChI is InChI=1S/C14H18FN3O3.ClH/c15-13-8-11(18(20)21)3-4-12(13)14(19)17-7-1-2-10(9-17)5-6-16;/h3-4,8,10H,1-2,5-7,9,16H2;1H. The van der Waals surface area contributed by atoms with Gasteiger partial charge in [-0.25, -0.2) is 4.39 Å². The lowest BCUT2D eigenvalue weighted by molar-refractivity contribution is -0.385. The van der Waals surface area contributed by atoms with Crippen molar-refractivity contribution < 1.29 is 14.1 Å². The third-order valence-electron chi connectivity index (χ3n) is 3.78. The number of benzene rings is 1. The first-order valence-electron chi connectivity index (χ1n) is 6.96. The van der Waals surface area contributed by atoms with Crippen LogP contribution in [0.4, 0.5) is 10.1 Å². The molecule has 1 amide bonds. The molecule has 6 nitrogen and oxygen atoms in total. The van der Waals surface area contributed by atoms with Crippen LogP contribution in [-0.2, 0) is 0 Å². The van der Waals surface area contributed by atoms with Gasteiger partial charge in [0.15, 0.2) is 0 Å². The summed E-state index contributed by atoms with van der Waals surface area (Å²) in [7, 11) is 0. The number of carbonyl (C=O) groups is 1. The summed E-state index contributed by atoms with van der Waals surface area (Å²) >= 11 is 0. The molecule has 122 valence electrons. The van der Waals surface area contributed by atoms with Crippen LogP contribution >= 0.6 is 12.4 Å². The lowest BCUT2D eigenvalue weighted by atomic mass is 9.94. The molecule has 1 atom stereocenters. The molecule has 0 spiro atoms. The summed E-state index contributed by atoms with van der Waals surface area (Å²) in [6, 6.07) is 3.12. The molecule has 22 heavy (non-hydrogen) atoms.